The predicted octanol–water partition coefficient (Wildman–Crippen LogP) is 2.43. The molecule has 0 radical (unpaired) electrons. The van der Waals surface area contributed by atoms with Crippen LogP contribution < -0.4 is 10.6 Å². The molecular weight excluding hydrogens is 391 g/mol. The van der Waals surface area contributed by atoms with Crippen LogP contribution in [0.25, 0.3) is 0 Å². The largest absolute Gasteiger partial charge is 0.348 e. The predicted molar refractivity (Wildman–Crippen MR) is 102 cm³/mol. The summed E-state index contributed by atoms with van der Waals surface area (Å²) in [5.41, 5.74) is 0.330. The van der Waals surface area contributed by atoms with E-state index in [0.717, 1.165) is 36.3 Å². The molecule has 1 aromatic carbocycles. The van der Waals surface area contributed by atoms with Crippen LogP contribution in [0.2, 0.25) is 0 Å². The molecule has 0 saturated carbocycles. The molecule has 146 valence electrons. The van der Waals surface area contributed by atoms with Gasteiger partial charge in [0.1, 0.15) is 15.3 Å². The first-order valence-corrected chi connectivity index (χ1v) is 10.9. The Kier molecular flexibility index (Phi) is 7.49. The molecule has 2 N–H and O–H groups in total. The van der Waals surface area contributed by atoms with Gasteiger partial charge >= 0.3 is 11.8 Å². The molecule has 0 saturated heterocycles. The van der Waals surface area contributed by atoms with Crippen molar-refractivity contribution in [2.75, 3.05) is 13.1 Å². The fourth-order valence-corrected chi connectivity index (χ4v) is 5.24. The zero-order valence-electron chi connectivity index (χ0n) is 14.8. The number of unbranched alkanes of at least 4 members (excludes halogenated alkanes) is 1. The van der Waals surface area contributed by atoms with Gasteiger partial charge in [-0.1, -0.05) is 31.5 Å². The van der Waals surface area contributed by atoms with E-state index in [1.54, 1.807) is 11.4 Å². The van der Waals surface area contributed by atoms with Crippen LogP contribution in [-0.2, 0) is 19.4 Å². The summed E-state index contributed by atoms with van der Waals surface area (Å²) in [7, 11) is -3.82. The molecule has 0 aliphatic heterocycles. The molecule has 0 aliphatic carbocycles. The summed E-state index contributed by atoms with van der Waals surface area (Å²) in [6.07, 6.45) is 1.61. The highest BCUT2D eigenvalue weighted by molar-refractivity contribution is 7.93. The lowest BCUT2D eigenvalue weighted by Crippen LogP contribution is -2.42. The van der Waals surface area contributed by atoms with Crippen LogP contribution in [-0.4, -0.2) is 33.3 Å². The van der Waals surface area contributed by atoms with Crippen molar-refractivity contribution >= 4 is 33.0 Å². The normalized spacial score (nSPS) is 12.4. The lowest BCUT2D eigenvalue weighted by atomic mass is 10.1. The first-order valence-electron chi connectivity index (χ1n) is 8.45. The van der Waals surface area contributed by atoms with Gasteiger partial charge in [-0.2, -0.15) is 0 Å². The fourth-order valence-electron chi connectivity index (χ4n) is 2.37. The van der Waals surface area contributed by atoms with Gasteiger partial charge in [0.15, 0.2) is 9.84 Å². The summed E-state index contributed by atoms with van der Waals surface area (Å²) in [5.74, 6) is -2.21. The maximum Gasteiger partial charge on any atom is 0.309 e. The molecular formula is C18H21FN2O4S2. The van der Waals surface area contributed by atoms with Crippen LogP contribution in [0, 0.1) is 5.82 Å². The molecule has 0 bridgehead atoms. The van der Waals surface area contributed by atoms with Crippen molar-refractivity contribution in [2.24, 2.45) is 0 Å². The molecule has 2 rings (SSSR count). The lowest BCUT2D eigenvalue weighted by Gasteiger charge is -2.18. The van der Waals surface area contributed by atoms with Gasteiger partial charge in [0.2, 0.25) is 0 Å². The zero-order valence-corrected chi connectivity index (χ0v) is 16.4. The van der Waals surface area contributed by atoms with E-state index in [9.17, 15) is 22.4 Å². The van der Waals surface area contributed by atoms with Crippen LogP contribution >= 0.6 is 11.3 Å². The van der Waals surface area contributed by atoms with E-state index in [2.05, 4.69) is 10.6 Å². The molecule has 1 heterocycles. The summed E-state index contributed by atoms with van der Waals surface area (Å²) >= 11 is 1.06. The Balaban J connectivity index is 2.17. The van der Waals surface area contributed by atoms with Crippen molar-refractivity contribution in [1.82, 2.24) is 10.6 Å². The number of amides is 2. The molecule has 2 aromatic rings. The second-order valence-corrected chi connectivity index (χ2v) is 9.14. The topological polar surface area (TPSA) is 92.3 Å². The van der Waals surface area contributed by atoms with Crippen LogP contribution in [0.5, 0.6) is 0 Å². The van der Waals surface area contributed by atoms with Gasteiger partial charge in [-0.3, -0.25) is 9.59 Å². The SMILES string of the molecule is CCCCNC(=O)C(=O)NC[C@H](c1ccc(F)cc1)S(=O)(=O)c1cccs1. The van der Waals surface area contributed by atoms with E-state index >= 15 is 0 Å². The molecule has 0 spiro atoms. The number of thiophene rings is 1. The van der Waals surface area contributed by atoms with Gasteiger partial charge in [0.25, 0.3) is 0 Å². The van der Waals surface area contributed by atoms with Crippen molar-refractivity contribution < 1.29 is 22.4 Å². The number of carbonyl (C=O) groups excluding carboxylic acids is 2. The Morgan fingerprint density at radius 1 is 1.11 bits per heavy atom. The molecule has 6 nitrogen and oxygen atoms in total. The number of rotatable bonds is 8. The molecule has 0 unspecified atom stereocenters. The fraction of sp³-hybridized carbons (Fsp3) is 0.333. The number of hydrogen-bond acceptors (Lipinski definition) is 5. The lowest BCUT2D eigenvalue weighted by molar-refractivity contribution is -0.139. The van der Waals surface area contributed by atoms with Crippen LogP contribution in [0.4, 0.5) is 4.39 Å². The van der Waals surface area contributed by atoms with Gasteiger partial charge in [-0.15, -0.1) is 11.3 Å². The van der Waals surface area contributed by atoms with Crippen LogP contribution in [0.3, 0.4) is 0 Å². The number of carbonyl (C=O) groups is 2. The third-order valence-corrected chi connectivity index (χ3v) is 7.39. The van der Waals surface area contributed by atoms with Gasteiger partial charge < -0.3 is 10.6 Å². The molecule has 0 fully saturated rings. The smallest absolute Gasteiger partial charge is 0.309 e. The Morgan fingerprint density at radius 3 is 2.37 bits per heavy atom. The quantitative estimate of drug-likeness (QED) is 0.515. The van der Waals surface area contributed by atoms with Gasteiger partial charge in [0, 0.05) is 13.1 Å². The van der Waals surface area contributed by atoms with Crippen LogP contribution in [0.15, 0.2) is 46.0 Å². The molecule has 2 amide bonds. The Labute approximate surface area is 161 Å². The number of benzene rings is 1. The van der Waals surface area contributed by atoms with Gasteiger partial charge in [0.05, 0.1) is 0 Å². The van der Waals surface area contributed by atoms with Gasteiger partial charge in [-0.25, -0.2) is 12.8 Å². The molecule has 9 heteroatoms. The standard InChI is InChI=1S/C18H21FN2O4S2/c1-2-3-10-20-17(22)18(23)21-12-15(13-6-8-14(19)9-7-13)27(24,25)16-5-4-11-26-16/h4-9,11,15H,2-3,10,12H2,1H3,(H,20,22)(H,21,23)/t15-/m1/s1. The van der Waals surface area contributed by atoms with E-state index in [1.807, 2.05) is 6.92 Å². The maximum absolute atomic E-state index is 13.2. The number of hydrogen-bond donors (Lipinski definition) is 2. The average molecular weight is 413 g/mol. The summed E-state index contributed by atoms with van der Waals surface area (Å²) < 4.78 is 39.2. The number of nitrogens with one attached hydrogen (secondary N) is 2. The molecule has 1 aromatic heterocycles. The minimum Gasteiger partial charge on any atom is -0.348 e. The second kappa shape index (κ2) is 9.61. The number of sulfone groups is 1. The monoisotopic (exact) mass is 412 g/mol. The van der Waals surface area contributed by atoms with E-state index in [1.165, 1.54) is 18.2 Å². The summed E-state index contributed by atoms with van der Waals surface area (Å²) in [5, 5.41) is 5.34. The van der Waals surface area contributed by atoms with Crippen molar-refractivity contribution in [1.29, 1.82) is 0 Å². The molecule has 1 atom stereocenters. The third kappa shape index (κ3) is 5.61. The van der Waals surface area contributed by atoms with E-state index in [-0.39, 0.29) is 10.8 Å². The second-order valence-electron chi connectivity index (χ2n) is 5.84. The van der Waals surface area contributed by atoms with Crippen molar-refractivity contribution in [3.63, 3.8) is 0 Å². The highest BCUT2D eigenvalue weighted by atomic mass is 32.2. The summed E-state index contributed by atoms with van der Waals surface area (Å²) in [6.45, 7) is 2.03. The molecule has 27 heavy (non-hydrogen) atoms. The summed E-state index contributed by atoms with van der Waals surface area (Å²) in [6, 6.07) is 8.11. The Morgan fingerprint density at radius 2 is 1.78 bits per heavy atom. The van der Waals surface area contributed by atoms with E-state index < -0.39 is 32.7 Å². The molecule has 0 aliphatic rings. The minimum absolute atomic E-state index is 0.137. The third-order valence-electron chi connectivity index (χ3n) is 3.86. The first-order chi connectivity index (χ1) is 12.9. The summed E-state index contributed by atoms with van der Waals surface area (Å²) in [4.78, 5) is 23.7. The van der Waals surface area contributed by atoms with Crippen molar-refractivity contribution in [3.8, 4) is 0 Å². The average Bonchev–Trinajstić information content (AvgIpc) is 3.18. The zero-order chi connectivity index (χ0) is 19.9. The highest BCUT2D eigenvalue weighted by Gasteiger charge is 2.31. The Hall–Kier alpha value is -2.26. The highest BCUT2D eigenvalue weighted by Crippen LogP contribution is 2.31. The minimum atomic E-state index is -3.82. The Bertz CT molecular complexity index is 865. The van der Waals surface area contributed by atoms with E-state index in [4.69, 9.17) is 0 Å². The van der Waals surface area contributed by atoms with Crippen LogP contribution in [0.1, 0.15) is 30.6 Å². The van der Waals surface area contributed by atoms with Gasteiger partial charge in [-0.05, 0) is 35.6 Å². The first kappa shape index (κ1) is 21.0. The number of halogens is 1. The van der Waals surface area contributed by atoms with Crippen molar-refractivity contribution in [3.05, 3.63) is 53.2 Å². The van der Waals surface area contributed by atoms with Crippen molar-refractivity contribution in [2.45, 2.75) is 29.2 Å². The van der Waals surface area contributed by atoms with E-state index in [0.29, 0.717) is 12.1 Å². The maximum atomic E-state index is 13.2.